The maximum atomic E-state index is 12.7. The molecule has 6 nitrogen and oxygen atoms in total. The number of thiophene rings is 1. The van der Waals surface area contributed by atoms with Gasteiger partial charge in [0.25, 0.3) is 10.0 Å². The number of nitrogens with zero attached hydrogens (tertiary/aromatic N) is 2. The zero-order valence-electron chi connectivity index (χ0n) is 13.1. The van der Waals surface area contributed by atoms with E-state index in [4.69, 9.17) is 16.7 Å². The number of aliphatic carboxylic acids is 1. The normalized spacial score (nSPS) is 23.3. The lowest BCUT2D eigenvalue weighted by Crippen LogP contribution is -2.50. The number of carboxylic acids is 1. The minimum atomic E-state index is -3.56. The van der Waals surface area contributed by atoms with Crippen molar-refractivity contribution in [1.29, 1.82) is 0 Å². The third kappa shape index (κ3) is 4.45. The smallest absolute Gasteiger partial charge is 0.303 e. The van der Waals surface area contributed by atoms with Gasteiger partial charge in [-0.05, 0) is 45.0 Å². The van der Waals surface area contributed by atoms with Gasteiger partial charge in [0.2, 0.25) is 0 Å². The van der Waals surface area contributed by atoms with Crippen molar-refractivity contribution in [1.82, 2.24) is 9.21 Å². The molecule has 2 heterocycles. The summed E-state index contributed by atoms with van der Waals surface area (Å²) >= 11 is 6.89. The van der Waals surface area contributed by atoms with Crippen LogP contribution in [0.4, 0.5) is 0 Å². The van der Waals surface area contributed by atoms with E-state index in [1.54, 1.807) is 6.07 Å². The van der Waals surface area contributed by atoms with E-state index in [2.05, 4.69) is 4.90 Å². The number of hydrogen-bond donors (Lipinski definition) is 1. The van der Waals surface area contributed by atoms with Crippen molar-refractivity contribution in [2.45, 2.75) is 29.5 Å². The SMILES string of the molecule is CN(C)[C@H]1CCN(S(=O)(=O)c2ccc(Cl)s2)C[C@H]1CCC(=O)O. The third-order valence-electron chi connectivity index (χ3n) is 4.19. The average Bonchev–Trinajstić information content (AvgIpc) is 2.92. The van der Waals surface area contributed by atoms with Gasteiger partial charge in [0.1, 0.15) is 4.21 Å². The predicted molar refractivity (Wildman–Crippen MR) is 90.5 cm³/mol. The van der Waals surface area contributed by atoms with Crippen LogP contribution >= 0.6 is 22.9 Å². The van der Waals surface area contributed by atoms with E-state index in [0.29, 0.717) is 30.3 Å². The van der Waals surface area contributed by atoms with E-state index in [-0.39, 0.29) is 22.6 Å². The summed E-state index contributed by atoms with van der Waals surface area (Å²) in [5.74, 6) is -0.854. The first-order chi connectivity index (χ1) is 10.7. The van der Waals surface area contributed by atoms with E-state index in [0.717, 1.165) is 11.3 Å². The van der Waals surface area contributed by atoms with Crippen LogP contribution in [-0.4, -0.2) is 61.9 Å². The lowest BCUT2D eigenvalue weighted by Gasteiger charge is -2.40. The van der Waals surface area contributed by atoms with Crippen molar-refractivity contribution in [3.63, 3.8) is 0 Å². The van der Waals surface area contributed by atoms with Gasteiger partial charge in [-0.2, -0.15) is 4.31 Å². The topological polar surface area (TPSA) is 77.9 Å². The number of hydrogen-bond acceptors (Lipinski definition) is 5. The number of piperidine rings is 1. The largest absolute Gasteiger partial charge is 0.481 e. The molecular formula is C14H21ClN2O4S2. The molecule has 1 aromatic heterocycles. The van der Waals surface area contributed by atoms with Crippen molar-refractivity contribution < 1.29 is 18.3 Å². The highest BCUT2D eigenvalue weighted by Gasteiger charge is 2.37. The van der Waals surface area contributed by atoms with Crippen LogP contribution in [0.25, 0.3) is 0 Å². The molecule has 1 N–H and O–H groups in total. The molecule has 0 unspecified atom stereocenters. The fourth-order valence-electron chi connectivity index (χ4n) is 3.04. The van der Waals surface area contributed by atoms with Gasteiger partial charge in [0.15, 0.2) is 0 Å². The number of carbonyl (C=O) groups is 1. The van der Waals surface area contributed by atoms with Crippen molar-refractivity contribution in [2.75, 3.05) is 27.2 Å². The highest BCUT2D eigenvalue weighted by atomic mass is 35.5. The molecule has 0 aromatic carbocycles. The average molecular weight is 381 g/mol. The number of rotatable bonds is 6. The summed E-state index contributed by atoms with van der Waals surface area (Å²) in [5, 5.41) is 8.92. The van der Waals surface area contributed by atoms with Gasteiger partial charge < -0.3 is 10.0 Å². The second kappa shape index (κ2) is 7.48. The first-order valence-corrected chi connectivity index (χ1v) is 9.99. The molecule has 0 aliphatic carbocycles. The molecule has 0 spiro atoms. The standard InChI is InChI=1S/C14H21ClN2O4S2/c1-16(2)11-7-8-17(9-10(11)3-5-13(18)19)23(20,21)14-6-4-12(15)22-14/h4,6,10-11H,3,5,7-9H2,1-2H3,(H,18,19)/t10-,11+/m1/s1. The van der Waals surface area contributed by atoms with Crippen LogP contribution in [0.5, 0.6) is 0 Å². The molecule has 2 atom stereocenters. The zero-order chi connectivity index (χ0) is 17.2. The molecule has 130 valence electrons. The third-order valence-corrected chi connectivity index (χ3v) is 7.76. The van der Waals surface area contributed by atoms with Crippen molar-refractivity contribution in [2.24, 2.45) is 5.92 Å². The number of sulfonamides is 1. The Kier molecular flexibility index (Phi) is 6.07. The first-order valence-electron chi connectivity index (χ1n) is 7.35. The van der Waals surface area contributed by atoms with E-state index >= 15 is 0 Å². The van der Waals surface area contributed by atoms with Crippen LogP contribution in [0.1, 0.15) is 19.3 Å². The molecule has 1 fully saturated rings. The monoisotopic (exact) mass is 380 g/mol. The zero-order valence-corrected chi connectivity index (χ0v) is 15.5. The van der Waals surface area contributed by atoms with E-state index in [1.165, 1.54) is 10.4 Å². The highest BCUT2D eigenvalue weighted by Crippen LogP contribution is 2.32. The van der Waals surface area contributed by atoms with Crippen LogP contribution < -0.4 is 0 Å². The Morgan fingerprint density at radius 1 is 1.48 bits per heavy atom. The molecule has 2 rings (SSSR count). The summed E-state index contributed by atoms with van der Waals surface area (Å²) in [7, 11) is 0.332. The predicted octanol–water partition coefficient (Wildman–Crippen LogP) is 2.21. The van der Waals surface area contributed by atoms with Crippen molar-refractivity contribution >= 4 is 38.9 Å². The van der Waals surface area contributed by atoms with Crippen LogP contribution in [0.3, 0.4) is 0 Å². The van der Waals surface area contributed by atoms with Gasteiger partial charge in [-0.15, -0.1) is 11.3 Å². The lowest BCUT2D eigenvalue weighted by atomic mass is 9.88. The summed E-state index contributed by atoms with van der Waals surface area (Å²) in [6.07, 6.45) is 1.21. The second-order valence-corrected chi connectivity index (χ2v) is 9.81. The number of carboxylic acid groups (broad SMARTS) is 1. The van der Waals surface area contributed by atoms with E-state index in [1.807, 2.05) is 14.1 Å². The highest BCUT2D eigenvalue weighted by molar-refractivity contribution is 7.91. The minimum absolute atomic E-state index is 0.0000548. The molecule has 23 heavy (non-hydrogen) atoms. The van der Waals surface area contributed by atoms with Gasteiger partial charge in [-0.1, -0.05) is 11.6 Å². The molecule has 1 aliphatic heterocycles. The molecule has 1 saturated heterocycles. The maximum absolute atomic E-state index is 12.7. The Labute approximate surface area is 145 Å². The Morgan fingerprint density at radius 2 is 2.17 bits per heavy atom. The first kappa shape index (κ1) is 18.7. The lowest BCUT2D eigenvalue weighted by molar-refractivity contribution is -0.137. The fraction of sp³-hybridized carbons (Fsp3) is 0.643. The molecule has 0 amide bonds. The Morgan fingerprint density at radius 3 is 2.70 bits per heavy atom. The van der Waals surface area contributed by atoms with Gasteiger partial charge in [-0.3, -0.25) is 4.79 Å². The number of halogens is 1. The van der Waals surface area contributed by atoms with Gasteiger partial charge in [-0.25, -0.2) is 8.42 Å². The molecule has 9 heteroatoms. The van der Waals surface area contributed by atoms with Crippen molar-refractivity contribution in [3.8, 4) is 0 Å². The van der Waals surface area contributed by atoms with Gasteiger partial charge in [0, 0.05) is 25.6 Å². The van der Waals surface area contributed by atoms with Crippen molar-refractivity contribution in [3.05, 3.63) is 16.5 Å². The summed E-state index contributed by atoms with van der Waals surface area (Å²) in [6.45, 7) is 0.776. The quantitative estimate of drug-likeness (QED) is 0.818. The summed E-state index contributed by atoms with van der Waals surface area (Å²) in [6, 6.07) is 3.29. The second-order valence-electron chi connectivity index (χ2n) is 5.93. The molecule has 0 bridgehead atoms. The van der Waals surface area contributed by atoms with Gasteiger partial charge >= 0.3 is 5.97 Å². The molecular weight excluding hydrogens is 360 g/mol. The summed E-state index contributed by atoms with van der Waals surface area (Å²) in [5.41, 5.74) is 0. The molecule has 1 aliphatic rings. The van der Waals surface area contributed by atoms with E-state index in [9.17, 15) is 13.2 Å². The van der Waals surface area contributed by atoms with Crippen LogP contribution in [0.15, 0.2) is 16.3 Å². The van der Waals surface area contributed by atoms with Crippen LogP contribution in [0, 0.1) is 5.92 Å². The molecule has 0 saturated carbocycles. The minimum Gasteiger partial charge on any atom is -0.481 e. The Bertz CT molecular complexity index is 659. The van der Waals surface area contributed by atoms with Crippen LogP contribution in [-0.2, 0) is 14.8 Å². The summed E-state index contributed by atoms with van der Waals surface area (Å²) < 4.78 is 27.6. The van der Waals surface area contributed by atoms with Gasteiger partial charge in [0.05, 0.1) is 4.34 Å². The fourth-order valence-corrected chi connectivity index (χ4v) is 6.19. The summed E-state index contributed by atoms with van der Waals surface area (Å²) in [4.78, 5) is 12.9. The Balaban J connectivity index is 2.17. The molecule has 1 aromatic rings. The van der Waals surface area contributed by atoms with E-state index < -0.39 is 16.0 Å². The van der Waals surface area contributed by atoms with Crippen LogP contribution in [0.2, 0.25) is 4.34 Å². The Hall–Kier alpha value is -0.670. The maximum Gasteiger partial charge on any atom is 0.303 e. The molecule has 0 radical (unpaired) electrons.